The van der Waals surface area contributed by atoms with Gasteiger partial charge >= 0.3 is 0 Å². The van der Waals surface area contributed by atoms with Crippen LogP contribution in [-0.4, -0.2) is 32.8 Å². The standard InChI is InChI=1S/C12H14N4O2S3/c1-7(2)5-19-11-14-15-12(21-11)20-6-10(17)13-9-4-8(3)18-16-9/h4H,1,5-6H2,2-3H3,(H,13,16,17). The second-order valence-corrected chi connectivity index (χ2v) is 7.66. The summed E-state index contributed by atoms with van der Waals surface area (Å²) in [5, 5.41) is 14.5. The molecule has 2 aromatic rings. The lowest BCUT2D eigenvalue weighted by Crippen LogP contribution is -2.14. The van der Waals surface area contributed by atoms with Gasteiger partial charge in [-0.2, -0.15) is 0 Å². The molecule has 0 bridgehead atoms. The average Bonchev–Trinajstić information content (AvgIpc) is 3.03. The third kappa shape index (κ3) is 5.52. The van der Waals surface area contributed by atoms with Gasteiger partial charge < -0.3 is 9.84 Å². The van der Waals surface area contributed by atoms with E-state index in [4.69, 9.17) is 4.52 Å². The zero-order valence-electron chi connectivity index (χ0n) is 11.6. The van der Waals surface area contributed by atoms with Crippen molar-refractivity contribution in [3.05, 3.63) is 24.0 Å². The van der Waals surface area contributed by atoms with E-state index >= 15 is 0 Å². The average molecular weight is 342 g/mol. The molecule has 0 fully saturated rings. The summed E-state index contributed by atoms with van der Waals surface area (Å²) in [4.78, 5) is 11.7. The van der Waals surface area contributed by atoms with Crippen molar-refractivity contribution in [1.82, 2.24) is 15.4 Å². The van der Waals surface area contributed by atoms with E-state index < -0.39 is 0 Å². The van der Waals surface area contributed by atoms with Gasteiger partial charge in [-0.1, -0.05) is 52.2 Å². The third-order valence-electron chi connectivity index (χ3n) is 2.05. The fraction of sp³-hybridized carbons (Fsp3) is 0.333. The van der Waals surface area contributed by atoms with Gasteiger partial charge in [0.2, 0.25) is 5.91 Å². The molecular formula is C12H14N4O2S3. The van der Waals surface area contributed by atoms with Crippen molar-refractivity contribution in [3.63, 3.8) is 0 Å². The van der Waals surface area contributed by atoms with E-state index in [2.05, 4.69) is 27.2 Å². The summed E-state index contributed by atoms with van der Waals surface area (Å²) in [7, 11) is 0. The molecule has 0 unspecified atom stereocenters. The van der Waals surface area contributed by atoms with E-state index in [9.17, 15) is 4.79 Å². The Morgan fingerprint density at radius 1 is 1.38 bits per heavy atom. The number of hydrogen-bond donors (Lipinski definition) is 1. The lowest BCUT2D eigenvalue weighted by molar-refractivity contribution is -0.113. The fourth-order valence-electron chi connectivity index (χ4n) is 1.23. The van der Waals surface area contributed by atoms with Crippen molar-refractivity contribution in [3.8, 4) is 0 Å². The number of hydrogen-bond acceptors (Lipinski definition) is 8. The smallest absolute Gasteiger partial charge is 0.236 e. The molecular weight excluding hydrogens is 328 g/mol. The molecule has 112 valence electrons. The van der Waals surface area contributed by atoms with Crippen molar-refractivity contribution in [2.24, 2.45) is 0 Å². The lowest BCUT2D eigenvalue weighted by Gasteiger charge is -1.98. The third-order valence-corrected chi connectivity index (χ3v) is 5.47. The fourth-order valence-corrected chi connectivity index (χ4v) is 3.89. The van der Waals surface area contributed by atoms with Gasteiger partial charge in [0.15, 0.2) is 14.5 Å². The topological polar surface area (TPSA) is 80.9 Å². The van der Waals surface area contributed by atoms with Crippen molar-refractivity contribution in [2.75, 3.05) is 16.8 Å². The summed E-state index contributed by atoms with van der Waals surface area (Å²) in [6, 6.07) is 1.67. The summed E-state index contributed by atoms with van der Waals surface area (Å²) < 4.78 is 6.53. The van der Waals surface area contributed by atoms with Crippen LogP contribution in [0.3, 0.4) is 0 Å². The number of carbonyl (C=O) groups is 1. The molecule has 0 radical (unpaired) electrons. The largest absolute Gasteiger partial charge is 0.360 e. The molecule has 1 N–H and O–H groups in total. The summed E-state index contributed by atoms with van der Waals surface area (Å²) in [6.07, 6.45) is 0. The summed E-state index contributed by atoms with van der Waals surface area (Å²) in [5.74, 6) is 2.01. The Morgan fingerprint density at radius 2 is 2.05 bits per heavy atom. The zero-order chi connectivity index (χ0) is 15.2. The Balaban J connectivity index is 1.77. The van der Waals surface area contributed by atoms with Crippen LogP contribution in [0.1, 0.15) is 12.7 Å². The van der Waals surface area contributed by atoms with Gasteiger partial charge in [-0.15, -0.1) is 10.2 Å². The molecule has 0 aliphatic carbocycles. The molecule has 2 rings (SSSR count). The molecule has 0 saturated carbocycles. The summed E-state index contributed by atoms with van der Waals surface area (Å²) in [6.45, 7) is 7.58. The molecule has 9 heteroatoms. The number of rotatable bonds is 7. The molecule has 0 spiro atoms. The van der Waals surface area contributed by atoms with Gasteiger partial charge in [-0.25, -0.2) is 0 Å². The first-order valence-electron chi connectivity index (χ1n) is 5.99. The van der Waals surface area contributed by atoms with Gasteiger partial charge in [-0.3, -0.25) is 4.79 Å². The maximum Gasteiger partial charge on any atom is 0.236 e. The molecule has 0 saturated heterocycles. The van der Waals surface area contributed by atoms with Crippen LogP contribution in [-0.2, 0) is 4.79 Å². The number of carbonyl (C=O) groups excluding carboxylic acids is 1. The molecule has 6 nitrogen and oxygen atoms in total. The van der Waals surface area contributed by atoms with Crippen LogP contribution in [0.4, 0.5) is 5.82 Å². The van der Waals surface area contributed by atoms with Crippen molar-refractivity contribution in [1.29, 1.82) is 0 Å². The summed E-state index contributed by atoms with van der Waals surface area (Å²) >= 11 is 4.42. The normalized spacial score (nSPS) is 10.6. The van der Waals surface area contributed by atoms with E-state index in [0.717, 1.165) is 20.0 Å². The number of thioether (sulfide) groups is 2. The van der Waals surface area contributed by atoms with Crippen molar-refractivity contribution in [2.45, 2.75) is 22.5 Å². The van der Waals surface area contributed by atoms with Crippen LogP contribution in [0.15, 0.2) is 31.4 Å². The number of aryl methyl sites for hydroxylation is 1. The minimum absolute atomic E-state index is 0.153. The van der Waals surface area contributed by atoms with Crippen molar-refractivity contribution >= 4 is 46.6 Å². The monoisotopic (exact) mass is 342 g/mol. The minimum atomic E-state index is -0.153. The highest BCUT2D eigenvalue weighted by Crippen LogP contribution is 2.29. The highest BCUT2D eigenvalue weighted by molar-refractivity contribution is 8.03. The van der Waals surface area contributed by atoms with E-state index in [1.807, 2.05) is 6.92 Å². The second kappa shape index (κ2) is 7.62. The van der Waals surface area contributed by atoms with Crippen molar-refractivity contribution < 1.29 is 9.32 Å². The first-order chi connectivity index (χ1) is 10.0. The number of amides is 1. The lowest BCUT2D eigenvalue weighted by atomic mass is 10.4. The molecule has 1 amide bonds. The Bertz CT molecular complexity index is 638. The zero-order valence-corrected chi connectivity index (χ0v) is 14.0. The Kier molecular flexibility index (Phi) is 5.83. The quantitative estimate of drug-likeness (QED) is 0.611. The number of nitrogens with one attached hydrogen (secondary N) is 1. The minimum Gasteiger partial charge on any atom is -0.360 e. The van der Waals surface area contributed by atoms with E-state index in [-0.39, 0.29) is 11.7 Å². The van der Waals surface area contributed by atoms with Crippen LogP contribution in [0.25, 0.3) is 0 Å². The Hall–Kier alpha value is -1.32. The predicted octanol–water partition coefficient (Wildman–Crippen LogP) is 3.23. The molecule has 0 atom stereocenters. The number of nitrogens with zero attached hydrogens (tertiary/aromatic N) is 3. The SMILES string of the molecule is C=C(C)CSc1nnc(SCC(=O)Nc2cc(C)on2)s1. The van der Waals surface area contributed by atoms with E-state index in [0.29, 0.717) is 11.6 Å². The van der Waals surface area contributed by atoms with E-state index in [1.165, 1.54) is 23.1 Å². The maximum atomic E-state index is 11.7. The van der Waals surface area contributed by atoms with Gasteiger partial charge in [-0.05, 0) is 13.8 Å². The van der Waals surface area contributed by atoms with Gasteiger partial charge in [0.25, 0.3) is 0 Å². The number of anilines is 1. The molecule has 0 aromatic carbocycles. The first-order valence-corrected chi connectivity index (χ1v) is 8.78. The maximum absolute atomic E-state index is 11.7. The predicted molar refractivity (Wildman–Crippen MR) is 86.0 cm³/mol. The molecule has 0 aliphatic heterocycles. The number of aromatic nitrogens is 3. The van der Waals surface area contributed by atoms with Crippen LogP contribution >= 0.6 is 34.9 Å². The highest BCUT2D eigenvalue weighted by Gasteiger charge is 2.10. The Labute approximate surface area is 134 Å². The van der Waals surface area contributed by atoms with Gasteiger partial charge in [0, 0.05) is 11.8 Å². The van der Waals surface area contributed by atoms with Crippen LogP contribution in [0.5, 0.6) is 0 Å². The summed E-state index contributed by atoms with van der Waals surface area (Å²) in [5.41, 5.74) is 1.09. The Morgan fingerprint density at radius 3 is 2.62 bits per heavy atom. The van der Waals surface area contributed by atoms with Crippen LogP contribution in [0.2, 0.25) is 0 Å². The van der Waals surface area contributed by atoms with Gasteiger partial charge in [0.1, 0.15) is 5.76 Å². The molecule has 0 aliphatic rings. The van der Waals surface area contributed by atoms with Gasteiger partial charge in [0.05, 0.1) is 5.75 Å². The second-order valence-electron chi connectivity index (χ2n) is 4.24. The molecule has 2 aromatic heterocycles. The molecule has 2 heterocycles. The highest BCUT2D eigenvalue weighted by atomic mass is 32.2. The van der Waals surface area contributed by atoms with Crippen LogP contribution in [0, 0.1) is 6.92 Å². The molecule has 21 heavy (non-hydrogen) atoms. The van der Waals surface area contributed by atoms with E-state index in [1.54, 1.807) is 24.8 Å². The van der Waals surface area contributed by atoms with Crippen LogP contribution < -0.4 is 5.32 Å². The first kappa shape index (κ1) is 16.1.